The van der Waals surface area contributed by atoms with Crippen LogP contribution in [0, 0.1) is 0 Å². The molecule has 0 aliphatic heterocycles. The first kappa shape index (κ1) is 16.7. The Kier molecular flexibility index (Phi) is 10.6. The van der Waals surface area contributed by atoms with Gasteiger partial charge in [-0.1, -0.05) is 32.3 Å². The molecule has 1 heterocycles. The maximum atomic E-state index is 5.75. The Morgan fingerprint density at radius 3 is 2.88 bits per heavy atom. The van der Waals surface area contributed by atoms with Gasteiger partial charge in [0.15, 0.2) is 5.96 Å². The molecule has 1 aromatic rings. The van der Waals surface area contributed by atoms with Gasteiger partial charge in [-0.3, -0.25) is 0 Å². The first-order valence-electron chi connectivity index (χ1n) is 5.89. The van der Waals surface area contributed by atoms with Gasteiger partial charge in [0.05, 0.1) is 6.54 Å². The molecule has 0 bridgehead atoms. The average molecular weight is 367 g/mol. The average Bonchev–Trinajstić information content (AvgIpc) is 2.79. The predicted molar refractivity (Wildman–Crippen MR) is 87.2 cm³/mol. The van der Waals surface area contributed by atoms with Crippen LogP contribution in [0.3, 0.4) is 0 Å². The Morgan fingerprint density at radius 1 is 1.41 bits per heavy atom. The second-order valence-corrected chi connectivity index (χ2v) is 4.80. The molecule has 17 heavy (non-hydrogen) atoms. The maximum Gasteiger partial charge on any atom is 0.188 e. The number of halogens is 1. The lowest BCUT2D eigenvalue weighted by Gasteiger charge is -2.04. The molecule has 0 radical (unpaired) electrons. The smallest absolute Gasteiger partial charge is 0.188 e. The highest BCUT2D eigenvalue weighted by Crippen LogP contribution is 2.08. The number of guanidine groups is 1. The van der Waals surface area contributed by atoms with Gasteiger partial charge >= 0.3 is 0 Å². The number of nitrogens with zero attached hydrogens (tertiary/aromatic N) is 1. The summed E-state index contributed by atoms with van der Waals surface area (Å²) >= 11 is 1.71. The first-order valence-corrected chi connectivity index (χ1v) is 6.77. The molecule has 0 amide bonds. The predicted octanol–water partition coefficient (Wildman–Crippen LogP) is 3.35. The molecule has 0 saturated heterocycles. The molecule has 3 N–H and O–H groups in total. The zero-order valence-electron chi connectivity index (χ0n) is 10.3. The summed E-state index contributed by atoms with van der Waals surface area (Å²) in [4.78, 5) is 5.52. The minimum absolute atomic E-state index is 0. The van der Waals surface area contributed by atoms with E-state index >= 15 is 0 Å². The number of unbranched alkanes of at least 4 members (excludes halogenated alkanes) is 3. The van der Waals surface area contributed by atoms with Crippen LogP contribution in [0.5, 0.6) is 0 Å². The highest BCUT2D eigenvalue weighted by atomic mass is 127. The number of hydrogen-bond donors (Lipinski definition) is 2. The van der Waals surface area contributed by atoms with Crippen LogP contribution in [0.25, 0.3) is 0 Å². The van der Waals surface area contributed by atoms with E-state index in [0.717, 1.165) is 6.54 Å². The first-order chi connectivity index (χ1) is 7.83. The van der Waals surface area contributed by atoms with Gasteiger partial charge in [-0.15, -0.1) is 35.3 Å². The quantitative estimate of drug-likeness (QED) is 0.336. The Morgan fingerprint density at radius 2 is 2.24 bits per heavy atom. The topological polar surface area (TPSA) is 50.4 Å². The Hall–Kier alpha value is -0.300. The van der Waals surface area contributed by atoms with E-state index in [2.05, 4.69) is 28.7 Å². The third-order valence-corrected chi connectivity index (χ3v) is 3.18. The summed E-state index contributed by atoms with van der Waals surface area (Å²) in [5.74, 6) is 0.560. The Labute approximate surface area is 125 Å². The molecule has 0 fully saturated rings. The number of nitrogens with one attached hydrogen (secondary N) is 1. The fourth-order valence-electron chi connectivity index (χ4n) is 1.39. The molecule has 5 heteroatoms. The maximum absolute atomic E-state index is 5.75. The van der Waals surface area contributed by atoms with Gasteiger partial charge < -0.3 is 11.1 Å². The lowest BCUT2D eigenvalue weighted by Crippen LogP contribution is -2.32. The normalized spacial score (nSPS) is 11.0. The molecule has 1 rings (SSSR count). The molecule has 0 aliphatic rings. The van der Waals surface area contributed by atoms with E-state index in [9.17, 15) is 0 Å². The summed E-state index contributed by atoms with van der Waals surface area (Å²) in [6.45, 7) is 3.83. The van der Waals surface area contributed by atoms with Gasteiger partial charge in [0.1, 0.15) is 0 Å². The van der Waals surface area contributed by atoms with E-state index in [1.54, 1.807) is 11.3 Å². The number of aliphatic imine (C=N–C) groups is 1. The number of hydrogen-bond acceptors (Lipinski definition) is 2. The summed E-state index contributed by atoms with van der Waals surface area (Å²) < 4.78 is 0. The Balaban J connectivity index is 0.00000256. The molecular weight excluding hydrogens is 345 g/mol. The lowest BCUT2D eigenvalue weighted by molar-refractivity contribution is 0.652. The highest BCUT2D eigenvalue weighted by Gasteiger charge is 1.93. The van der Waals surface area contributed by atoms with E-state index in [-0.39, 0.29) is 24.0 Å². The van der Waals surface area contributed by atoms with Crippen molar-refractivity contribution in [2.24, 2.45) is 10.7 Å². The second kappa shape index (κ2) is 10.8. The highest BCUT2D eigenvalue weighted by molar-refractivity contribution is 14.0. The van der Waals surface area contributed by atoms with E-state index in [0.29, 0.717) is 12.5 Å². The van der Waals surface area contributed by atoms with Crippen LogP contribution in [-0.2, 0) is 6.54 Å². The monoisotopic (exact) mass is 367 g/mol. The van der Waals surface area contributed by atoms with Crippen molar-refractivity contribution in [2.75, 3.05) is 6.54 Å². The molecular formula is C12H22IN3S. The lowest BCUT2D eigenvalue weighted by atomic mass is 10.2. The third kappa shape index (κ3) is 8.43. The van der Waals surface area contributed by atoms with Crippen molar-refractivity contribution in [1.29, 1.82) is 0 Å². The summed E-state index contributed by atoms with van der Waals surface area (Å²) in [6, 6.07) is 4.10. The molecule has 0 aromatic carbocycles. The molecule has 0 saturated carbocycles. The Bertz CT molecular complexity index is 299. The fraction of sp³-hybridized carbons (Fsp3) is 0.583. The zero-order chi connectivity index (χ0) is 11.6. The summed E-state index contributed by atoms with van der Waals surface area (Å²) in [5.41, 5.74) is 5.75. The van der Waals surface area contributed by atoms with Crippen molar-refractivity contribution in [1.82, 2.24) is 5.32 Å². The number of thiophene rings is 1. The summed E-state index contributed by atoms with van der Waals surface area (Å²) in [7, 11) is 0. The largest absolute Gasteiger partial charge is 0.370 e. The molecule has 1 aromatic heterocycles. The third-order valence-electron chi connectivity index (χ3n) is 2.32. The molecule has 3 nitrogen and oxygen atoms in total. The van der Waals surface area contributed by atoms with E-state index in [1.807, 2.05) is 6.07 Å². The van der Waals surface area contributed by atoms with E-state index < -0.39 is 0 Å². The number of rotatable bonds is 7. The van der Waals surface area contributed by atoms with Crippen LogP contribution < -0.4 is 11.1 Å². The molecule has 0 spiro atoms. The summed E-state index contributed by atoms with van der Waals surface area (Å²) in [5, 5.41) is 5.19. The molecule has 98 valence electrons. The molecule has 0 aliphatic carbocycles. The minimum Gasteiger partial charge on any atom is -0.370 e. The van der Waals surface area contributed by atoms with Gasteiger partial charge in [-0.2, -0.15) is 0 Å². The van der Waals surface area contributed by atoms with Crippen molar-refractivity contribution >= 4 is 41.3 Å². The standard InChI is InChI=1S/C12H21N3S.HI/c1-2-3-4-5-8-14-12(13)15-10-11-7-6-9-16-11;/h6-7,9H,2-5,8,10H2,1H3,(H3,13,14,15);1H. The van der Waals surface area contributed by atoms with Crippen LogP contribution in [-0.4, -0.2) is 12.5 Å². The second-order valence-electron chi connectivity index (χ2n) is 3.77. The SMILES string of the molecule is CCCCCCNC(N)=NCc1cccs1.I. The van der Waals surface area contributed by atoms with E-state index in [1.165, 1.54) is 30.6 Å². The van der Waals surface area contributed by atoms with Crippen molar-refractivity contribution < 1.29 is 0 Å². The van der Waals surface area contributed by atoms with Crippen molar-refractivity contribution in [3.8, 4) is 0 Å². The summed E-state index contributed by atoms with van der Waals surface area (Å²) in [6.07, 6.45) is 5.00. The minimum atomic E-state index is 0. The van der Waals surface area contributed by atoms with Crippen molar-refractivity contribution in [3.05, 3.63) is 22.4 Å². The molecule has 0 unspecified atom stereocenters. The van der Waals surface area contributed by atoms with Crippen molar-refractivity contribution in [3.63, 3.8) is 0 Å². The zero-order valence-corrected chi connectivity index (χ0v) is 13.5. The van der Waals surface area contributed by atoms with Gasteiger partial charge in [-0.25, -0.2) is 4.99 Å². The van der Waals surface area contributed by atoms with Gasteiger partial charge in [0.2, 0.25) is 0 Å². The van der Waals surface area contributed by atoms with Gasteiger partial charge in [0.25, 0.3) is 0 Å². The van der Waals surface area contributed by atoms with E-state index in [4.69, 9.17) is 5.73 Å². The molecule has 0 atom stereocenters. The van der Waals surface area contributed by atoms with Crippen molar-refractivity contribution in [2.45, 2.75) is 39.2 Å². The van der Waals surface area contributed by atoms with Gasteiger partial charge in [-0.05, 0) is 17.9 Å². The van der Waals surface area contributed by atoms with Crippen LogP contribution in [0.1, 0.15) is 37.5 Å². The van der Waals surface area contributed by atoms with Crippen LogP contribution >= 0.6 is 35.3 Å². The fourth-order valence-corrected chi connectivity index (χ4v) is 2.02. The van der Waals surface area contributed by atoms with Crippen LogP contribution in [0.4, 0.5) is 0 Å². The van der Waals surface area contributed by atoms with Gasteiger partial charge in [0, 0.05) is 11.4 Å². The van der Waals surface area contributed by atoms with Crippen LogP contribution in [0.2, 0.25) is 0 Å². The van der Waals surface area contributed by atoms with Crippen LogP contribution in [0.15, 0.2) is 22.5 Å². The number of nitrogens with two attached hydrogens (primary N) is 1.